The molecule has 1 aliphatic heterocycles. The van der Waals surface area contributed by atoms with Gasteiger partial charge in [0.25, 0.3) is 11.7 Å². The summed E-state index contributed by atoms with van der Waals surface area (Å²) < 4.78 is 16.4. The molecule has 3 rings (SSSR count). The van der Waals surface area contributed by atoms with Crippen LogP contribution in [0.1, 0.15) is 43.5 Å². The van der Waals surface area contributed by atoms with E-state index in [2.05, 4.69) is 13.8 Å². The number of carbonyl (C=O) groups is 2. The van der Waals surface area contributed by atoms with E-state index in [1.165, 1.54) is 18.1 Å². The highest BCUT2D eigenvalue weighted by Crippen LogP contribution is 2.42. The number of ketones is 1. The zero-order chi connectivity index (χ0) is 25.7. The van der Waals surface area contributed by atoms with Crippen LogP contribution in [0.4, 0.5) is 0 Å². The number of likely N-dealkylation sites (tertiary alicyclic amines) is 1. The smallest absolute Gasteiger partial charge is 0.295 e. The van der Waals surface area contributed by atoms with Crippen LogP contribution in [0, 0.1) is 12.8 Å². The Morgan fingerprint density at radius 1 is 1.11 bits per heavy atom. The van der Waals surface area contributed by atoms with Crippen LogP contribution in [0.15, 0.2) is 42.0 Å². The molecule has 1 heterocycles. The molecule has 0 aliphatic carbocycles. The van der Waals surface area contributed by atoms with Gasteiger partial charge in [0.2, 0.25) is 0 Å². The molecule has 0 bridgehead atoms. The summed E-state index contributed by atoms with van der Waals surface area (Å²) in [5, 5.41) is 21.5. The SMILES string of the molecule is CCOc1cc(C2C(=C(O)c3ccc(OCC(C)C)cc3C)C(=O)C(=O)N2CCOC)ccc1O. The van der Waals surface area contributed by atoms with Gasteiger partial charge in [-0.1, -0.05) is 19.9 Å². The molecule has 35 heavy (non-hydrogen) atoms. The Labute approximate surface area is 205 Å². The van der Waals surface area contributed by atoms with Crippen LogP contribution in [0.5, 0.6) is 17.2 Å². The highest BCUT2D eigenvalue weighted by Gasteiger charge is 2.46. The molecule has 1 amide bonds. The Morgan fingerprint density at radius 2 is 1.86 bits per heavy atom. The number of rotatable bonds is 10. The number of carbonyl (C=O) groups excluding carboxylic acids is 2. The fourth-order valence-corrected chi connectivity index (χ4v) is 4.02. The van der Waals surface area contributed by atoms with Gasteiger partial charge >= 0.3 is 0 Å². The normalized spacial score (nSPS) is 17.3. The second kappa shape index (κ2) is 11.3. The van der Waals surface area contributed by atoms with Gasteiger partial charge in [-0.15, -0.1) is 0 Å². The maximum absolute atomic E-state index is 13.2. The van der Waals surface area contributed by atoms with Crippen molar-refractivity contribution in [2.75, 3.05) is 33.5 Å². The largest absolute Gasteiger partial charge is 0.507 e. The highest BCUT2D eigenvalue weighted by atomic mass is 16.5. The zero-order valence-electron chi connectivity index (χ0n) is 20.8. The van der Waals surface area contributed by atoms with Gasteiger partial charge in [-0.25, -0.2) is 0 Å². The molecule has 2 aromatic carbocycles. The van der Waals surface area contributed by atoms with Crippen LogP contribution in [-0.2, 0) is 14.3 Å². The second-order valence-corrected chi connectivity index (χ2v) is 8.83. The van der Waals surface area contributed by atoms with E-state index in [0.717, 1.165) is 0 Å². The third-order valence-electron chi connectivity index (χ3n) is 5.71. The fraction of sp³-hybridized carbons (Fsp3) is 0.407. The second-order valence-electron chi connectivity index (χ2n) is 8.83. The average molecular weight is 484 g/mol. The van der Waals surface area contributed by atoms with Crippen molar-refractivity contribution in [3.05, 3.63) is 58.7 Å². The first-order chi connectivity index (χ1) is 16.7. The van der Waals surface area contributed by atoms with Crippen LogP contribution in [0.25, 0.3) is 5.76 Å². The van der Waals surface area contributed by atoms with Crippen LogP contribution in [0.3, 0.4) is 0 Å². The minimum atomic E-state index is -0.874. The van der Waals surface area contributed by atoms with E-state index >= 15 is 0 Å². The molecule has 8 heteroatoms. The van der Waals surface area contributed by atoms with E-state index in [1.807, 2.05) is 0 Å². The molecule has 8 nitrogen and oxygen atoms in total. The number of benzene rings is 2. The van der Waals surface area contributed by atoms with Gasteiger partial charge < -0.3 is 29.3 Å². The van der Waals surface area contributed by atoms with Crippen molar-refractivity contribution in [1.82, 2.24) is 4.90 Å². The Bertz CT molecular complexity index is 1120. The molecule has 1 fully saturated rings. The number of aliphatic hydroxyl groups excluding tert-OH is 1. The van der Waals surface area contributed by atoms with Gasteiger partial charge in [-0.2, -0.15) is 0 Å². The predicted molar refractivity (Wildman–Crippen MR) is 132 cm³/mol. The number of ether oxygens (including phenoxy) is 3. The molecule has 0 aromatic heterocycles. The van der Waals surface area contributed by atoms with E-state index in [0.29, 0.717) is 41.6 Å². The van der Waals surface area contributed by atoms with Crippen LogP contribution in [0.2, 0.25) is 0 Å². The van der Waals surface area contributed by atoms with E-state index in [4.69, 9.17) is 14.2 Å². The Balaban J connectivity index is 2.12. The lowest BCUT2D eigenvalue weighted by atomic mass is 9.93. The number of hydrogen-bond donors (Lipinski definition) is 2. The lowest BCUT2D eigenvalue weighted by Gasteiger charge is -2.25. The maximum atomic E-state index is 13.2. The summed E-state index contributed by atoms with van der Waals surface area (Å²) >= 11 is 0. The standard InChI is InChI=1S/C27H33NO7/c1-6-34-22-14-18(7-10-21(22)29)24-23(26(31)27(32)28(24)11-12-33-5)25(30)20-9-8-19(13-17(20)4)35-15-16(2)3/h7-10,13-14,16,24,29-30H,6,11-12,15H2,1-5H3. The number of aliphatic hydroxyl groups is 1. The van der Waals surface area contributed by atoms with Gasteiger partial charge in [-0.05, 0) is 61.2 Å². The van der Waals surface area contributed by atoms with Crippen molar-refractivity contribution in [2.45, 2.75) is 33.7 Å². The van der Waals surface area contributed by atoms with Crippen molar-refractivity contribution >= 4 is 17.4 Å². The van der Waals surface area contributed by atoms with Crippen LogP contribution >= 0.6 is 0 Å². The molecule has 1 atom stereocenters. The van der Waals surface area contributed by atoms with Crippen molar-refractivity contribution < 1.29 is 34.0 Å². The average Bonchev–Trinajstić information content (AvgIpc) is 3.07. The Hall–Kier alpha value is -3.52. The summed E-state index contributed by atoms with van der Waals surface area (Å²) in [5.41, 5.74) is 1.63. The zero-order valence-corrected chi connectivity index (χ0v) is 20.8. The number of methoxy groups -OCH3 is 1. The molecule has 1 saturated heterocycles. The predicted octanol–water partition coefficient (Wildman–Crippen LogP) is 4.20. The number of hydrogen-bond acceptors (Lipinski definition) is 7. The quantitative estimate of drug-likeness (QED) is 0.296. The lowest BCUT2D eigenvalue weighted by molar-refractivity contribution is -0.140. The fourth-order valence-electron chi connectivity index (χ4n) is 4.02. The van der Waals surface area contributed by atoms with Crippen molar-refractivity contribution in [3.8, 4) is 17.2 Å². The van der Waals surface area contributed by atoms with E-state index < -0.39 is 17.7 Å². The molecule has 1 aliphatic rings. The molecule has 1 unspecified atom stereocenters. The minimum absolute atomic E-state index is 0.0295. The summed E-state index contributed by atoms with van der Waals surface area (Å²) in [4.78, 5) is 27.5. The molecular formula is C27H33NO7. The summed E-state index contributed by atoms with van der Waals surface area (Å²) in [6.07, 6.45) is 0. The Kier molecular flexibility index (Phi) is 8.40. The van der Waals surface area contributed by atoms with E-state index in [1.54, 1.807) is 44.2 Å². The number of amides is 1. The van der Waals surface area contributed by atoms with Crippen molar-refractivity contribution in [2.24, 2.45) is 5.92 Å². The third-order valence-corrected chi connectivity index (χ3v) is 5.71. The number of aromatic hydroxyl groups is 1. The summed E-state index contributed by atoms with van der Waals surface area (Å²) in [7, 11) is 1.51. The van der Waals surface area contributed by atoms with Gasteiger partial charge in [-0.3, -0.25) is 9.59 Å². The summed E-state index contributed by atoms with van der Waals surface area (Å²) in [6.45, 7) is 8.93. The van der Waals surface area contributed by atoms with Crippen molar-refractivity contribution in [1.29, 1.82) is 0 Å². The van der Waals surface area contributed by atoms with E-state index in [9.17, 15) is 19.8 Å². The molecule has 0 spiro atoms. The van der Waals surface area contributed by atoms with Gasteiger partial charge in [0.05, 0.1) is 31.4 Å². The molecule has 0 saturated carbocycles. The Morgan fingerprint density at radius 3 is 2.49 bits per heavy atom. The molecule has 2 aromatic rings. The summed E-state index contributed by atoms with van der Waals surface area (Å²) in [5.74, 6) is -0.596. The monoisotopic (exact) mass is 483 g/mol. The van der Waals surface area contributed by atoms with Gasteiger partial charge in [0.1, 0.15) is 11.5 Å². The minimum Gasteiger partial charge on any atom is -0.507 e. The molecule has 188 valence electrons. The molecule has 2 N–H and O–H groups in total. The number of phenols is 1. The van der Waals surface area contributed by atoms with Crippen LogP contribution in [-0.4, -0.2) is 60.3 Å². The van der Waals surface area contributed by atoms with Gasteiger partial charge in [0, 0.05) is 19.2 Å². The molecule has 0 radical (unpaired) electrons. The maximum Gasteiger partial charge on any atom is 0.295 e. The van der Waals surface area contributed by atoms with E-state index in [-0.39, 0.29) is 36.0 Å². The van der Waals surface area contributed by atoms with Crippen molar-refractivity contribution in [3.63, 3.8) is 0 Å². The first-order valence-electron chi connectivity index (χ1n) is 11.7. The number of Topliss-reactive ketones (excluding diaryl/α,β-unsaturated/α-hetero) is 1. The lowest BCUT2D eigenvalue weighted by Crippen LogP contribution is -2.32. The number of nitrogens with zero attached hydrogens (tertiary/aromatic N) is 1. The van der Waals surface area contributed by atoms with Gasteiger partial charge in [0.15, 0.2) is 11.5 Å². The summed E-state index contributed by atoms with van der Waals surface area (Å²) in [6, 6.07) is 8.97. The molecular weight excluding hydrogens is 450 g/mol. The number of aryl methyl sites for hydroxylation is 1. The van der Waals surface area contributed by atoms with Crippen LogP contribution < -0.4 is 9.47 Å². The first-order valence-corrected chi connectivity index (χ1v) is 11.7. The number of phenolic OH excluding ortho intramolecular Hbond substituents is 1. The highest BCUT2D eigenvalue weighted by molar-refractivity contribution is 6.46. The topological polar surface area (TPSA) is 106 Å². The third kappa shape index (κ3) is 5.59. The first kappa shape index (κ1) is 26.1.